The maximum Gasteiger partial charge on any atom is 0.271 e. The van der Waals surface area contributed by atoms with Crippen molar-refractivity contribution in [3.63, 3.8) is 0 Å². The largest absolute Gasteiger partial charge is 0.375 e. The molecule has 0 aliphatic heterocycles. The van der Waals surface area contributed by atoms with Gasteiger partial charge in [0.2, 0.25) is 0 Å². The molecule has 0 radical (unpaired) electrons. The average molecular weight is 562 g/mol. The Hall–Kier alpha value is -3.97. The lowest BCUT2D eigenvalue weighted by Crippen LogP contribution is -2.27. The molecular weight excluding hydrogens is 526 g/mol. The number of nitrogens with zero attached hydrogens (tertiary/aromatic N) is 6. The van der Waals surface area contributed by atoms with Crippen LogP contribution in [0.2, 0.25) is 25.7 Å². The van der Waals surface area contributed by atoms with Crippen LogP contribution in [0.4, 0.5) is 0 Å². The van der Waals surface area contributed by atoms with Crippen LogP contribution in [0.15, 0.2) is 29.3 Å². The molecule has 0 saturated carbocycles. The van der Waals surface area contributed by atoms with Crippen LogP contribution in [0.5, 0.6) is 0 Å². The SMILES string of the molecule is C[C@@H](NC(=O)c1ncnc2c(COCC[Si](C)(C)C)[nH]cc12)c1cc(-c2nc3nc(C(C)(C)C)ncc3[nH]2)no1. The van der Waals surface area contributed by atoms with Gasteiger partial charge in [-0.3, -0.25) is 4.79 Å². The molecule has 0 aliphatic carbocycles. The van der Waals surface area contributed by atoms with Gasteiger partial charge in [-0.2, -0.15) is 0 Å². The van der Waals surface area contributed by atoms with Crippen LogP contribution >= 0.6 is 0 Å². The number of fused-ring (bicyclic) bond motifs is 2. The first-order valence-electron chi connectivity index (χ1n) is 13.3. The number of carbonyl (C=O) groups is 1. The molecular formula is C27H35N9O3Si. The molecule has 1 atom stereocenters. The van der Waals surface area contributed by atoms with Gasteiger partial charge in [0.05, 0.1) is 30.1 Å². The first-order valence-corrected chi connectivity index (χ1v) is 17.0. The van der Waals surface area contributed by atoms with Gasteiger partial charge < -0.3 is 24.5 Å². The number of nitrogens with one attached hydrogen (secondary N) is 3. The molecule has 40 heavy (non-hydrogen) atoms. The second kappa shape index (κ2) is 10.5. The fraction of sp³-hybridized carbons (Fsp3) is 0.444. The highest BCUT2D eigenvalue weighted by Gasteiger charge is 2.23. The fourth-order valence-electron chi connectivity index (χ4n) is 4.08. The molecule has 5 aromatic heterocycles. The van der Waals surface area contributed by atoms with Gasteiger partial charge in [-0.1, -0.05) is 45.6 Å². The van der Waals surface area contributed by atoms with E-state index in [1.165, 1.54) is 6.33 Å². The standard InChI is InChI=1S/C27H35N9O3Si/c1-15(20-10-17(36-39-20)23-33-18-12-29-26(27(2,3)4)35-24(18)34-23)32-25(37)22-16-11-28-19(21(16)30-14-31-22)13-38-8-9-40(5,6)7/h10-12,14-15,28H,8-9,13H2,1-7H3,(H,32,37)(H,29,33,34,35)/t15-/m1/s1. The Morgan fingerprint density at radius 1 is 1.18 bits per heavy atom. The number of imidazole rings is 1. The van der Waals surface area contributed by atoms with Crippen molar-refractivity contribution in [3.8, 4) is 11.5 Å². The number of H-pyrrole nitrogens is 2. The zero-order valence-corrected chi connectivity index (χ0v) is 24.9. The summed E-state index contributed by atoms with van der Waals surface area (Å²) < 4.78 is 11.4. The Kier molecular flexibility index (Phi) is 7.27. The Morgan fingerprint density at radius 2 is 1.98 bits per heavy atom. The van der Waals surface area contributed by atoms with Gasteiger partial charge in [0.15, 0.2) is 17.2 Å². The third-order valence-electron chi connectivity index (χ3n) is 6.47. The van der Waals surface area contributed by atoms with E-state index in [0.717, 1.165) is 11.7 Å². The van der Waals surface area contributed by atoms with Crippen molar-refractivity contribution in [3.05, 3.63) is 47.8 Å². The molecule has 210 valence electrons. The normalized spacial score (nSPS) is 13.3. The third-order valence-corrected chi connectivity index (χ3v) is 8.18. The van der Waals surface area contributed by atoms with E-state index in [1.54, 1.807) is 18.5 Å². The number of amides is 1. The molecule has 0 saturated heterocycles. The summed E-state index contributed by atoms with van der Waals surface area (Å²) in [7, 11) is -1.17. The van der Waals surface area contributed by atoms with E-state index in [4.69, 9.17) is 9.26 Å². The van der Waals surface area contributed by atoms with Crippen molar-refractivity contribution in [2.75, 3.05) is 6.61 Å². The van der Waals surface area contributed by atoms with Gasteiger partial charge in [0, 0.05) is 37.7 Å². The summed E-state index contributed by atoms with van der Waals surface area (Å²) in [6.45, 7) is 16.0. The van der Waals surface area contributed by atoms with Gasteiger partial charge in [0.1, 0.15) is 29.1 Å². The number of hydrogen-bond acceptors (Lipinski definition) is 9. The zero-order valence-electron chi connectivity index (χ0n) is 23.9. The van der Waals surface area contributed by atoms with E-state index in [-0.39, 0.29) is 17.0 Å². The van der Waals surface area contributed by atoms with Crippen molar-refractivity contribution in [2.24, 2.45) is 0 Å². The minimum atomic E-state index is -1.17. The molecule has 1 amide bonds. The van der Waals surface area contributed by atoms with E-state index in [1.807, 2.05) is 27.7 Å². The van der Waals surface area contributed by atoms with Crippen LogP contribution in [-0.2, 0) is 16.8 Å². The number of ether oxygens (including phenoxy) is 1. The molecule has 0 aliphatic rings. The highest BCUT2D eigenvalue weighted by Crippen LogP contribution is 2.25. The van der Waals surface area contributed by atoms with Crippen LogP contribution in [0.1, 0.15) is 61.5 Å². The molecule has 12 nitrogen and oxygen atoms in total. The minimum absolute atomic E-state index is 0.194. The number of hydrogen-bond donors (Lipinski definition) is 3. The van der Waals surface area contributed by atoms with Crippen molar-refractivity contribution >= 4 is 36.0 Å². The van der Waals surface area contributed by atoms with E-state index < -0.39 is 14.1 Å². The molecule has 0 aromatic carbocycles. The van der Waals surface area contributed by atoms with Crippen LogP contribution in [0.25, 0.3) is 33.6 Å². The quantitative estimate of drug-likeness (QED) is 0.167. The molecule has 5 heterocycles. The number of carbonyl (C=O) groups excluding carboxylic acids is 1. The molecule has 5 aromatic rings. The summed E-state index contributed by atoms with van der Waals surface area (Å²) in [6, 6.07) is 2.35. The first-order chi connectivity index (χ1) is 18.9. The molecule has 0 spiro atoms. The topological polar surface area (TPSA) is 160 Å². The second-order valence-electron chi connectivity index (χ2n) is 12.2. The van der Waals surface area contributed by atoms with E-state index >= 15 is 0 Å². The minimum Gasteiger partial charge on any atom is -0.375 e. The molecule has 5 rings (SSSR count). The Labute approximate surface area is 232 Å². The highest BCUT2D eigenvalue weighted by atomic mass is 28.3. The summed E-state index contributed by atoms with van der Waals surface area (Å²) in [5, 5.41) is 7.72. The zero-order chi connectivity index (χ0) is 28.7. The lowest BCUT2D eigenvalue weighted by Gasteiger charge is -2.15. The maximum absolute atomic E-state index is 13.2. The Morgan fingerprint density at radius 3 is 2.73 bits per heavy atom. The van der Waals surface area contributed by atoms with Crippen molar-refractivity contribution < 1.29 is 14.1 Å². The van der Waals surface area contributed by atoms with E-state index in [0.29, 0.717) is 58.4 Å². The molecule has 13 heteroatoms. The van der Waals surface area contributed by atoms with Crippen molar-refractivity contribution in [1.29, 1.82) is 0 Å². The molecule has 0 unspecified atom stereocenters. The lowest BCUT2D eigenvalue weighted by molar-refractivity contribution is 0.0930. The summed E-state index contributed by atoms with van der Waals surface area (Å²) in [6.07, 6.45) is 4.86. The van der Waals surface area contributed by atoms with Crippen molar-refractivity contribution in [2.45, 2.75) is 71.4 Å². The van der Waals surface area contributed by atoms with Crippen LogP contribution in [-0.4, -0.2) is 60.6 Å². The number of aromatic nitrogens is 8. The predicted octanol–water partition coefficient (Wildman–Crippen LogP) is 4.92. The summed E-state index contributed by atoms with van der Waals surface area (Å²) in [5.41, 5.74) is 3.33. The Bertz CT molecular complexity index is 1660. The highest BCUT2D eigenvalue weighted by molar-refractivity contribution is 6.76. The van der Waals surface area contributed by atoms with Gasteiger partial charge >= 0.3 is 0 Å². The van der Waals surface area contributed by atoms with Gasteiger partial charge in [0.25, 0.3) is 5.91 Å². The predicted molar refractivity (Wildman–Crippen MR) is 153 cm³/mol. The fourth-order valence-corrected chi connectivity index (χ4v) is 4.83. The molecule has 0 bridgehead atoms. The second-order valence-corrected chi connectivity index (χ2v) is 17.8. The smallest absolute Gasteiger partial charge is 0.271 e. The Balaban J connectivity index is 1.28. The molecule has 3 N–H and O–H groups in total. The van der Waals surface area contributed by atoms with Crippen LogP contribution in [0.3, 0.4) is 0 Å². The van der Waals surface area contributed by atoms with Gasteiger partial charge in [-0.25, -0.2) is 24.9 Å². The summed E-state index contributed by atoms with van der Waals surface area (Å²) in [5.74, 6) is 1.34. The number of aromatic amines is 2. The first kappa shape index (κ1) is 27.6. The number of rotatable bonds is 9. The third kappa shape index (κ3) is 5.94. The van der Waals surface area contributed by atoms with Gasteiger partial charge in [-0.15, -0.1) is 0 Å². The lowest BCUT2D eigenvalue weighted by atomic mass is 9.96. The monoisotopic (exact) mass is 561 g/mol. The average Bonchev–Trinajstić information content (AvgIpc) is 3.63. The van der Waals surface area contributed by atoms with Crippen molar-refractivity contribution in [1.82, 2.24) is 45.4 Å². The van der Waals surface area contributed by atoms with Crippen LogP contribution < -0.4 is 5.32 Å². The van der Waals surface area contributed by atoms with E-state index in [9.17, 15) is 4.79 Å². The summed E-state index contributed by atoms with van der Waals surface area (Å²) in [4.78, 5) is 41.8. The summed E-state index contributed by atoms with van der Waals surface area (Å²) >= 11 is 0. The van der Waals surface area contributed by atoms with Crippen LogP contribution in [0, 0.1) is 0 Å². The molecule has 0 fully saturated rings. The van der Waals surface area contributed by atoms with Gasteiger partial charge in [-0.05, 0) is 13.0 Å². The maximum atomic E-state index is 13.2. The van der Waals surface area contributed by atoms with E-state index in [2.05, 4.69) is 65.0 Å².